The van der Waals surface area contributed by atoms with Gasteiger partial charge < -0.3 is 10.3 Å². The van der Waals surface area contributed by atoms with Crippen molar-refractivity contribution in [3.05, 3.63) is 54.0 Å². The van der Waals surface area contributed by atoms with Crippen LogP contribution in [0.25, 0.3) is 20.9 Å². The van der Waals surface area contributed by atoms with Gasteiger partial charge in [-0.15, -0.1) is 21.5 Å². The van der Waals surface area contributed by atoms with Gasteiger partial charge in [0.25, 0.3) is 0 Å². The van der Waals surface area contributed by atoms with E-state index in [4.69, 9.17) is 5.73 Å². The summed E-state index contributed by atoms with van der Waals surface area (Å²) in [5, 5.41) is 10.4. The molecule has 4 rings (SSSR count). The number of nitrogens with zero attached hydrogens (tertiary/aromatic N) is 4. The normalized spacial score (nSPS) is 11.3. The van der Waals surface area contributed by atoms with Crippen molar-refractivity contribution in [3.63, 3.8) is 0 Å². The summed E-state index contributed by atoms with van der Waals surface area (Å²) in [5.41, 5.74) is 7.92. The highest BCUT2D eigenvalue weighted by Crippen LogP contribution is 2.39. The molecule has 3 heterocycles. The topological polar surface area (TPSA) is 69.6 Å². The lowest BCUT2D eigenvalue weighted by atomic mass is 10.2. The molecule has 0 bridgehead atoms. The van der Waals surface area contributed by atoms with E-state index < -0.39 is 0 Å². The number of halogens is 1. The molecule has 8 heteroatoms. The molecule has 0 saturated heterocycles. The number of thioether (sulfide) groups is 1. The first kappa shape index (κ1) is 17.0. The number of thiophene rings is 1. The van der Waals surface area contributed by atoms with Crippen LogP contribution in [0.3, 0.4) is 0 Å². The van der Waals surface area contributed by atoms with E-state index in [-0.39, 0.29) is 5.82 Å². The summed E-state index contributed by atoms with van der Waals surface area (Å²) in [5.74, 6) is 1.14. The minimum Gasteiger partial charge on any atom is -0.397 e. The predicted octanol–water partition coefficient (Wildman–Crippen LogP) is 4.59. The van der Waals surface area contributed by atoms with Crippen molar-refractivity contribution in [2.45, 2.75) is 24.4 Å². The smallest absolute Gasteiger partial charge is 0.191 e. The number of pyridine rings is 1. The molecule has 3 aromatic heterocycles. The molecule has 0 aliphatic heterocycles. The Bertz CT molecular complexity index is 1070. The van der Waals surface area contributed by atoms with Crippen LogP contribution in [0, 0.1) is 5.82 Å². The molecule has 0 aliphatic rings. The van der Waals surface area contributed by atoms with Gasteiger partial charge in [0.1, 0.15) is 10.6 Å². The molecule has 4 aromatic rings. The Morgan fingerprint density at radius 2 is 2.12 bits per heavy atom. The van der Waals surface area contributed by atoms with E-state index in [2.05, 4.69) is 15.2 Å². The van der Waals surface area contributed by atoms with Gasteiger partial charge in [0.15, 0.2) is 11.0 Å². The fourth-order valence-electron chi connectivity index (χ4n) is 2.74. The van der Waals surface area contributed by atoms with Crippen LogP contribution in [0.2, 0.25) is 0 Å². The molecule has 2 N–H and O–H groups in total. The Labute approximate surface area is 158 Å². The Kier molecular flexibility index (Phi) is 4.60. The second kappa shape index (κ2) is 7.05. The summed E-state index contributed by atoms with van der Waals surface area (Å²) >= 11 is 3.05. The van der Waals surface area contributed by atoms with Crippen molar-refractivity contribution in [1.82, 2.24) is 19.7 Å². The van der Waals surface area contributed by atoms with Crippen LogP contribution in [0.4, 0.5) is 10.1 Å². The van der Waals surface area contributed by atoms with Gasteiger partial charge in [-0.2, -0.15) is 0 Å². The Hall–Kier alpha value is -2.45. The molecular weight excluding hydrogens is 369 g/mol. The number of nitrogens with two attached hydrogens (primary N) is 1. The molecule has 0 amide bonds. The number of fused-ring (bicyclic) bond motifs is 1. The summed E-state index contributed by atoms with van der Waals surface area (Å²) in [6, 6.07) is 10.4. The summed E-state index contributed by atoms with van der Waals surface area (Å²) in [6.45, 7) is 2.76. The number of benzene rings is 1. The third-order valence-corrected chi connectivity index (χ3v) is 6.16. The van der Waals surface area contributed by atoms with E-state index in [1.807, 2.05) is 29.7 Å². The molecule has 1 aromatic carbocycles. The van der Waals surface area contributed by atoms with Crippen LogP contribution in [0.1, 0.15) is 12.5 Å². The first-order valence-corrected chi connectivity index (χ1v) is 9.91. The second-order valence-electron chi connectivity index (χ2n) is 5.67. The highest BCUT2D eigenvalue weighted by Gasteiger charge is 2.19. The van der Waals surface area contributed by atoms with Crippen LogP contribution >= 0.6 is 23.1 Å². The number of aromatic nitrogens is 4. The molecular formula is C18H16FN5S2. The van der Waals surface area contributed by atoms with Crippen molar-refractivity contribution in [1.29, 1.82) is 0 Å². The molecule has 0 radical (unpaired) electrons. The number of anilines is 1. The van der Waals surface area contributed by atoms with E-state index in [9.17, 15) is 4.39 Å². The summed E-state index contributed by atoms with van der Waals surface area (Å²) in [6.07, 6.45) is 1.76. The quantitative estimate of drug-likeness (QED) is 0.509. The van der Waals surface area contributed by atoms with E-state index in [1.54, 1.807) is 12.3 Å². The molecule has 26 heavy (non-hydrogen) atoms. The Morgan fingerprint density at radius 1 is 1.23 bits per heavy atom. The lowest BCUT2D eigenvalue weighted by Gasteiger charge is -2.07. The first-order valence-electron chi connectivity index (χ1n) is 8.11. The van der Waals surface area contributed by atoms with Gasteiger partial charge in [-0.3, -0.25) is 0 Å². The molecule has 0 spiro atoms. The average molecular weight is 385 g/mol. The maximum Gasteiger partial charge on any atom is 0.191 e. The van der Waals surface area contributed by atoms with Crippen molar-refractivity contribution in [2.75, 3.05) is 5.73 Å². The highest BCUT2D eigenvalue weighted by atomic mass is 32.2. The maximum absolute atomic E-state index is 13.3. The minimum atomic E-state index is -0.230. The van der Waals surface area contributed by atoms with Crippen molar-refractivity contribution >= 4 is 39.0 Å². The lowest BCUT2D eigenvalue weighted by Crippen LogP contribution is -2.00. The molecule has 5 nitrogen and oxygen atoms in total. The summed E-state index contributed by atoms with van der Waals surface area (Å²) in [4.78, 5) is 6.14. The van der Waals surface area contributed by atoms with Gasteiger partial charge in [-0.25, -0.2) is 9.37 Å². The third-order valence-electron chi connectivity index (χ3n) is 4.00. The number of hydrogen-bond donors (Lipinski definition) is 1. The van der Waals surface area contributed by atoms with Gasteiger partial charge in [0, 0.05) is 23.9 Å². The number of rotatable bonds is 5. The molecule has 0 saturated carbocycles. The van der Waals surface area contributed by atoms with E-state index in [0.29, 0.717) is 11.4 Å². The van der Waals surface area contributed by atoms with Crippen molar-refractivity contribution in [2.24, 2.45) is 0 Å². The van der Waals surface area contributed by atoms with E-state index in [1.165, 1.54) is 35.2 Å². The first-order chi connectivity index (χ1) is 12.7. The summed E-state index contributed by atoms with van der Waals surface area (Å²) in [7, 11) is 0. The predicted molar refractivity (Wildman–Crippen MR) is 105 cm³/mol. The molecule has 0 unspecified atom stereocenters. The van der Waals surface area contributed by atoms with Crippen LogP contribution in [0.15, 0.2) is 47.8 Å². The Morgan fingerprint density at radius 3 is 2.88 bits per heavy atom. The second-order valence-corrected chi connectivity index (χ2v) is 7.61. The number of nitrogen functional groups attached to an aromatic ring is 1. The van der Waals surface area contributed by atoms with Gasteiger partial charge in [-0.05, 0) is 36.8 Å². The van der Waals surface area contributed by atoms with Gasteiger partial charge in [0.05, 0.1) is 10.6 Å². The maximum atomic E-state index is 13.3. The minimum absolute atomic E-state index is 0.230. The largest absolute Gasteiger partial charge is 0.397 e. The molecule has 0 atom stereocenters. The van der Waals surface area contributed by atoms with Crippen molar-refractivity contribution in [3.8, 4) is 10.7 Å². The zero-order valence-electron chi connectivity index (χ0n) is 14.0. The van der Waals surface area contributed by atoms with Gasteiger partial charge >= 0.3 is 0 Å². The third kappa shape index (κ3) is 3.06. The van der Waals surface area contributed by atoms with Crippen LogP contribution in [-0.4, -0.2) is 19.7 Å². The lowest BCUT2D eigenvalue weighted by molar-refractivity contribution is 0.626. The highest BCUT2D eigenvalue weighted by molar-refractivity contribution is 7.98. The van der Waals surface area contributed by atoms with Gasteiger partial charge in [-0.1, -0.05) is 23.9 Å². The van der Waals surface area contributed by atoms with Crippen LogP contribution in [0.5, 0.6) is 0 Å². The van der Waals surface area contributed by atoms with Crippen molar-refractivity contribution < 1.29 is 4.39 Å². The summed E-state index contributed by atoms with van der Waals surface area (Å²) < 4.78 is 15.4. The zero-order chi connectivity index (χ0) is 18.1. The van der Waals surface area contributed by atoms with E-state index in [0.717, 1.165) is 38.2 Å². The zero-order valence-corrected chi connectivity index (χ0v) is 15.6. The number of hydrogen-bond acceptors (Lipinski definition) is 6. The molecule has 132 valence electrons. The molecule has 0 aliphatic carbocycles. The van der Waals surface area contributed by atoms with Crippen LogP contribution < -0.4 is 5.73 Å². The SMILES string of the molecule is CCn1c(SCc2cccc(F)c2)nnc1-c1sc2ncccc2c1N. The fourth-order valence-corrected chi connectivity index (χ4v) is 4.74. The fraction of sp³-hybridized carbons (Fsp3) is 0.167. The van der Waals surface area contributed by atoms with E-state index >= 15 is 0 Å². The van der Waals surface area contributed by atoms with Gasteiger partial charge in [0.2, 0.25) is 0 Å². The standard InChI is InChI=1S/C18H16FN5S2/c1-2-24-16(15-14(20)13-7-4-8-21-17(13)26-15)22-23-18(24)25-10-11-5-3-6-12(19)9-11/h3-9H,2,10,20H2,1H3. The molecule has 0 fully saturated rings. The Balaban J connectivity index is 1.67. The average Bonchev–Trinajstić information content (AvgIpc) is 3.21. The van der Waals surface area contributed by atoms with Crippen LogP contribution in [-0.2, 0) is 12.3 Å². The monoisotopic (exact) mass is 385 g/mol.